The molecule has 0 aromatic heterocycles. The Morgan fingerprint density at radius 3 is 2.91 bits per heavy atom. The maximum absolute atomic E-state index is 10.6. The zero-order valence-corrected chi connectivity index (χ0v) is 8.84. The van der Waals surface area contributed by atoms with E-state index in [1.807, 2.05) is 0 Å². The lowest BCUT2D eigenvalue weighted by molar-refractivity contribution is -0.147. The van der Waals surface area contributed by atoms with Gasteiger partial charge in [0.25, 0.3) is 0 Å². The molecule has 0 amide bonds. The summed E-state index contributed by atoms with van der Waals surface area (Å²) in [7, 11) is 0. The summed E-state index contributed by atoms with van der Waals surface area (Å²) in [5, 5.41) is 0. The third kappa shape index (κ3) is 2.61. The van der Waals surface area contributed by atoms with Gasteiger partial charge in [0.1, 0.15) is 6.10 Å². The number of carbonyl (C=O) groups excluding carboxylic acids is 1. The van der Waals surface area contributed by atoms with Crippen molar-refractivity contribution in [2.75, 3.05) is 4.43 Å². The normalized spacial score (nSPS) is 30.4. The molecule has 0 aliphatic heterocycles. The van der Waals surface area contributed by atoms with Gasteiger partial charge in [-0.3, -0.25) is 4.79 Å². The van der Waals surface area contributed by atoms with Crippen molar-refractivity contribution in [3.05, 3.63) is 0 Å². The fourth-order valence-electron chi connectivity index (χ4n) is 1.55. The summed E-state index contributed by atoms with van der Waals surface area (Å²) < 4.78 is 6.28. The van der Waals surface area contributed by atoms with Crippen LogP contribution in [0.15, 0.2) is 0 Å². The van der Waals surface area contributed by atoms with Crippen molar-refractivity contribution >= 4 is 28.6 Å². The average Bonchev–Trinajstić information content (AvgIpc) is 2.34. The average molecular weight is 268 g/mol. The van der Waals surface area contributed by atoms with E-state index in [2.05, 4.69) is 22.6 Å². The van der Waals surface area contributed by atoms with Crippen molar-refractivity contribution in [3.8, 4) is 0 Å². The third-order valence-corrected chi connectivity index (χ3v) is 3.24. The molecule has 0 aromatic carbocycles. The second-order valence-electron chi connectivity index (χ2n) is 2.99. The van der Waals surface area contributed by atoms with Crippen molar-refractivity contribution in [1.29, 1.82) is 0 Å². The molecule has 0 N–H and O–H groups in total. The summed E-state index contributed by atoms with van der Waals surface area (Å²) >= 11 is 2.36. The Morgan fingerprint density at radius 1 is 1.64 bits per heavy atom. The molecule has 0 spiro atoms. The Kier molecular flexibility index (Phi) is 3.62. The quantitative estimate of drug-likeness (QED) is 0.436. The molecule has 3 heteroatoms. The molecule has 0 heterocycles. The highest BCUT2D eigenvalue weighted by Gasteiger charge is 2.28. The van der Waals surface area contributed by atoms with Gasteiger partial charge in [-0.15, -0.1) is 0 Å². The lowest BCUT2D eigenvalue weighted by atomic mass is 10.1. The van der Waals surface area contributed by atoms with Crippen molar-refractivity contribution in [2.24, 2.45) is 5.92 Å². The van der Waals surface area contributed by atoms with Crippen molar-refractivity contribution in [2.45, 2.75) is 32.3 Å². The molecule has 0 saturated heterocycles. The van der Waals surface area contributed by atoms with Gasteiger partial charge in [0.2, 0.25) is 0 Å². The van der Waals surface area contributed by atoms with Gasteiger partial charge in [0.15, 0.2) is 0 Å². The predicted molar refractivity (Wildman–Crippen MR) is 51.8 cm³/mol. The van der Waals surface area contributed by atoms with Gasteiger partial charge >= 0.3 is 5.97 Å². The Labute approximate surface area is 80.8 Å². The van der Waals surface area contributed by atoms with Crippen LogP contribution in [0.1, 0.15) is 26.2 Å². The highest BCUT2D eigenvalue weighted by Crippen LogP contribution is 2.29. The maximum atomic E-state index is 10.6. The van der Waals surface area contributed by atoms with E-state index >= 15 is 0 Å². The second kappa shape index (κ2) is 4.28. The molecule has 11 heavy (non-hydrogen) atoms. The first-order valence-corrected chi connectivity index (χ1v) is 5.49. The highest BCUT2D eigenvalue weighted by molar-refractivity contribution is 14.1. The molecule has 0 unspecified atom stereocenters. The van der Waals surface area contributed by atoms with Gasteiger partial charge < -0.3 is 4.74 Å². The summed E-state index contributed by atoms with van der Waals surface area (Å²) in [6.45, 7) is 1.49. The SMILES string of the molecule is CC(=O)O[C@H]1CCC[C@H]1CI. The molecule has 0 radical (unpaired) electrons. The molecule has 64 valence electrons. The molecular formula is C8H13IO2. The molecule has 1 aliphatic rings. The van der Waals surface area contributed by atoms with Crippen LogP contribution >= 0.6 is 22.6 Å². The Morgan fingerprint density at radius 2 is 2.36 bits per heavy atom. The monoisotopic (exact) mass is 268 g/mol. The van der Waals surface area contributed by atoms with E-state index < -0.39 is 0 Å². The summed E-state index contributed by atoms with van der Waals surface area (Å²) in [6, 6.07) is 0. The molecule has 0 bridgehead atoms. The van der Waals surface area contributed by atoms with E-state index in [-0.39, 0.29) is 12.1 Å². The minimum absolute atomic E-state index is 0.133. The first-order valence-electron chi connectivity index (χ1n) is 3.97. The van der Waals surface area contributed by atoms with Crippen LogP contribution in [0.3, 0.4) is 0 Å². The number of rotatable bonds is 2. The van der Waals surface area contributed by atoms with Gasteiger partial charge in [-0.1, -0.05) is 22.6 Å². The topological polar surface area (TPSA) is 26.3 Å². The Hall–Kier alpha value is 0.200. The fraction of sp³-hybridized carbons (Fsp3) is 0.875. The molecule has 1 saturated carbocycles. The van der Waals surface area contributed by atoms with Crippen LogP contribution in [0.25, 0.3) is 0 Å². The van der Waals surface area contributed by atoms with E-state index in [9.17, 15) is 4.79 Å². The minimum atomic E-state index is -0.133. The number of alkyl halides is 1. The van der Waals surface area contributed by atoms with Gasteiger partial charge in [0, 0.05) is 17.3 Å². The number of hydrogen-bond acceptors (Lipinski definition) is 2. The summed E-state index contributed by atoms with van der Waals surface area (Å²) in [4.78, 5) is 10.6. The zero-order valence-electron chi connectivity index (χ0n) is 6.68. The standard InChI is InChI=1S/C8H13IO2/c1-6(10)11-8-4-2-3-7(8)5-9/h7-8H,2-5H2,1H3/t7-,8-/m0/s1. The molecule has 1 fully saturated rings. The lowest BCUT2D eigenvalue weighted by Crippen LogP contribution is -2.21. The highest BCUT2D eigenvalue weighted by atomic mass is 127. The molecule has 2 atom stereocenters. The molecule has 1 aliphatic carbocycles. The van der Waals surface area contributed by atoms with Gasteiger partial charge in [-0.05, 0) is 19.3 Å². The van der Waals surface area contributed by atoms with Crippen LogP contribution in [-0.2, 0) is 9.53 Å². The number of halogens is 1. The first-order chi connectivity index (χ1) is 5.24. The van der Waals surface area contributed by atoms with Gasteiger partial charge in [-0.2, -0.15) is 0 Å². The summed E-state index contributed by atoms with van der Waals surface area (Å²) in [6.07, 6.45) is 3.71. The Balaban J connectivity index is 2.37. The minimum Gasteiger partial charge on any atom is -0.462 e. The van der Waals surface area contributed by atoms with Crippen LogP contribution in [0.2, 0.25) is 0 Å². The molecule has 0 aromatic rings. The fourth-order valence-corrected chi connectivity index (χ4v) is 2.56. The maximum Gasteiger partial charge on any atom is 0.302 e. The van der Waals surface area contributed by atoms with Crippen LogP contribution in [0.4, 0.5) is 0 Å². The van der Waals surface area contributed by atoms with Crippen LogP contribution < -0.4 is 0 Å². The van der Waals surface area contributed by atoms with E-state index in [4.69, 9.17) is 4.74 Å². The van der Waals surface area contributed by atoms with E-state index in [1.54, 1.807) is 0 Å². The van der Waals surface area contributed by atoms with E-state index in [0.717, 1.165) is 10.8 Å². The van der Waals surface area contributed by atoms with E-state index in [1.165, 1.54) is 19.8 Å². The first kappa shape index (κ1) is 9.29. The van der Waals surface area contributed by atoms with Crippen LogP contribution in [0.5, 0.6) is 0 Å². The smallest absolute Gasteiger partial charge is 0.302 e. The van der Waals surface area contributed by atoms with Gasteiger partial charge in [-0.25, -0.2) is 0 Å². The molecular weight excluding hydrogens is 255 g/mol. The lowest BCUT2D eigenvalue weighted by Gasteiger charge is -2.16. The van der Waals surface area contributed by atoms with Crippen molar-refractivity contribution < 1.29 is 9.53 Å². The third-order valence-electron chi connectivity index (χ3n) is 2.10. The van der Waals surface area contributed by atoms with Crippen LogP contribution in [0, 0.1) is 5.92 Å². The summed E-state index contributed by atoms with van der Waals surface area (Å²) in [5.41, 5.74) is 0. The zero-order chi connectivity index (χ0) is 8.27. The molecule has 2 nitrogen and oxygen atoms in total. The number of hydrogen-bond donors (Lipinski definition) is 0. The largest absolute Gasteiger partial charge is 0.462 e. The van der Waals surface area contributed by atoms with E-state index in [0.29, 0.717) is 5.92 Å². The Bertz CT molecular complexity index is 147. The van der Waals surface area contributed by atoms with Crippen LogP contribution in [-0.4, -0.2) is 16.5 Å². The predicted octanol–water partition coefficient (Wildman–Crippen LogP) is 2.15. The number of ether oxygens (including phenoxy) is 1. The van der Waals surface area contributed by atoms with Crippen molar-refractivity contribution in [3.63, 3.8) is 0 Å². The second-order valence-corrected chi connectivity index (χ2v) is 3.87. The summed E-state index contributed by atoms with van der Waals surface area (Å²) in [5.74, 6) is 0.478. The van der Waals surface area contributed by atoms with Crippen molar-refractivity contribution in [1.82, 2.24) is 0 Å². The molecule has 1 rings (SSSR count). The number of esters is 1. The number of carbonyl (C=O) groups is 1. The van der Waals surface area contributed by atoms with Gasteiger partial charge in [0.05, 0.1) is 0 Å².